The van der Waals surface area contributed by atoms with E-state index in [1.807, 2.05) is 18.2 Å². The van der Waals surface area contributed by atoms with E-state index < -0.39 is 17.7 Å². The van der Waals surface area contributed by atoms with Gasteiger partial charge in [-0.3, -0.25) is 9.69 Å². The second-order valence-electron chi connectivity index (χ2n) is 8.24. The van der Waals surface area contributed by atoms with Crippen LogP contribution in [0.5, 0.6) is 5.75 Å². The van der Waals surface area contributed by atoms with Gasteiger partial charge in [-0.25, -0.2) is 4.79 Å². The molecular formula is C21H33N3O4. The summed E-state index contributed by atoms with van der Waals surface area (Å²) < 4.78 is 10.6. The predicted octanol–water partition coefficient (Wildman–Crippen LogP) is 2.69. The molecule has 0 unspecified atom stereocenters. The van der Waals surface area contributed by atoms with Gasteiger partial charge in [0.25, 0.3) is 0 Å². The van der Waals surface area contributed by atoms with Gasteiger partial charge in [0, 0.05) is 31.2 Å². The Bertz CT molecular complexity index is 664. The summed E-state index contributed by atoms with van der Waals surface area (Å²) in [5.74, 6) is 0.717. The average molecular weight is 392 g/mol. The minimum Gasteiger partial charge on any atom is -0.496 e. The number of nitrogens with zero attached hydrogens (tertiary/aromatic N) is 1. The molecule has 1 aliphatic heterocycles. The fourth-order valence-electron chi connectivity index (χ4n) is 3.19. The van der Waals surface area contributed by atoms with Gasteiger partial charge in [0.2, 0.25) is 5.91 Å². The molecule has 0 radical (unpaired) electrons. The maximum absolute atomic E-state index is 12.4. The molecule has 0 aliphatic carbocycles. The van der Waals surface area contributed by atoms with Gasteiger partial charge < -0.3 is 20.1 Å². The maximum atomic E-state index is 12.4. The van der Waals surface area contributed by atoms with Gasteiger partial charge in [-0.2, -0.15) is 0 Å². The molecule has 1 saturated heterocycles. The highest BCUT2D eigenvalue weighted by Crippen LogP contribution is 2.21. The molecule has 1 fully saturated rings. The van der Waals surface area contributed by atoms with Crippen molar-refractivity contribution in [3.8, 4) is 5.75 Å². The fraction of sp³-hybridized carbons (Fsp3) is 0.619. The Labute approximate surface area is 167 Å². The second-order valence-corrected chi connectivity index (χ2v) is 8.24. The van der Waals surface area contributed by atoms with Crippen molar-refractivity contribution in [2.24, 2.45) is 0 Å². The summed E-state index contributed by atoms with van der Waals surface area (Å²) in [7, 11) is 1.69. The first kappa shape index (κ1) is 22.0. The quantitative estimate of drug-likeness (QED) is 0.779. The summed E-state index contributed by atoms with van der Waals surface area (Å²) >= 11 is 0. The number of hydrogen-bond donors (Lipinski definition) is 2. The van der Waals surface area contributed by atoms with Crippen molar-refractivity contribution in [1.82, 2.24) is 15.5 Å². The number of piperidine rings is 1. The number of methoxy groups -OCH3 is 1. The molecule has 0 saturated carbocycles. The molecule has 2 rings (SSSR count). The smallest absolute Gasteiger partial charge is 0.408 e. The first-order chi connectivity index (χ1) is 13.2. The van der Waals surface area contributed by atoms with Crippen LogP contribution in [0.15, 0.2) is 24.3 Å². The predicted molar refractivity (Wildman–Crippen MR) is 108 cm³/mol. The van der Waals surface area contributed by atoms with Crippen LogP contribution >= 0.6 is 0 Å². The number of para-hydroxylation sites is 1. The summed E-state index contributed by atoms with van der Waals surface area (Å²) in [6.45, 7) is 9.66. The van der Waals surface area contributed by atoms with Gasteiger partial charge in [0.1, 0.15) is 17.4 Å². The van der Waals surface area contributed by atoms with Crippen molar-refractivity contribution in [2.75, 3.05) is 20.2 Å². The van der Waals surface area contributed by atoms with E-state index in [0.717, 1.165) is 38.2 Å². The van der Waals surface area contributed by atoms with Gasteiger partial charge in [0.15, 0.2) is 0 Å². The fourth-order valence-corrected chi connectivity index (χ4v) is 3.19. The Morgan fingerprint density at radius 2 is 1.86 bits per heavy atom. The SMILES string of the molecule is COc1ccccc1CN1CCC(NC(=O)[C@@H](C)NC(=O)OC(C)(C)C)CC1. The molecule has 0 aromatic heterocycles. The Balaban J connectivity index is 1.75. The van der Waals surface area contributed by atoms with E-state index in [-0.39, 0.29) is 11.9 Å². The standard InChI is InChI=1S/C21H33N3O4/c1-15(22-20(26)28-21(2,3)4)19(25)23-17-10-12-24(13-11-17)14-16-8-6-7-9-18(16)27-5/h6-9,15,17H,10-14H2,1-5H3,(H,22,26)(H,23,25)/t15-/m1/s1. The van der Waals surface area contributed by atoms with Gasteiger partial charge in [0.05, 0.1) is 7.11 Å². The zero-order valence-electron chi connectivity index (χ0n) is 17.6. The summed E-state index contributed by atoms with van der Waals surface area (Å²) in [6.07, 6.45) is 1.17. The van der Waals surface area contributed by atoms with Crippen molar-refractivity contribution in [1.29, 1.82) is 0 Å². The number of alkyl carbamates (subject to hydrolysis) is 1. The van der Waals surface area contributed by atoms with Gasteiger partial charge in [-0.15, -0.1) is 0 Å². The zero-order chi connectivity index (χ0) is 20.7. The molecule has 28 heavy (non-hydrogen) atoms. The number of carbonyl (C=O) groups is 2. The maximum Gasteiger partial charge on any atom is 0.408 e. The summed E-state index contributed by atoms with van der Waals surface area (Å²) in [5.41, 5.74) is 0.580. The molecule has 1 aromatic rings. The first-order valence-corrected chi connectivity index (χ1v) is 9.82. The van der Waals surface area contributed by atoms with Gasteiger partial charge in [-0.05, 0) is 46.6 Å². The minimum atomic E-state index is -0.638. The molecule has 1 heterocycles. The summed E-state index contributed by atoms with van der Waals surface area (Å²) in [4.78, 5) is 26.5. The van der Waals surface area contributed by atoms with Crippen LogP contribution in [-0.4, -0.2) is 54.8 Å². The van der Waals surface area contributed by atoms with Crippen LogP contribution in [-0.2, 0) is 16.1 Å². The third-order valence-corrected chi connectivity index (χ3v) is 4.65. The number of likely N-dealkylation sites (tertiary alicyclic amines) is 1. The highest BCUT2D eigenvalue weighted by molar-refractivity contribution is 5.85. The number of hydrogen-bond acceptors (Lipinski definition) is 5. The lowest BCUT2D eigenvalue weighted by Gasteiger charge is -2.33. The van der Waals surface area contributed by atoms with Crippen LogP contribution < -0.4 is 15.4 Å². The Morgan fingerprint density at radius 1 is 1.21 bits per heavy atom. The third-order valence-electron chi connectivity index (χ3n) is 4.65. The summed E-state index contributed by atoms with van der Waals surface area (Å²) in [6, 6.07) is 7.52. The van der Waals surface area contributed by atoms with Gasteiger partial charge >= 0.3 is 6.09 Å². The molecule has 1 aromatic carbocycles. The molecule has 2 amide bonds. The van der Waals surface area contributed by atoms with Crippen LogP contribution in [0, 0.1) is 0 Å². The summed E-state index contributed by atoms with van der Waals surface area (Å²) in [5, 5.41) is 5.62. The Hall–Kier alpha value is -2.28. The van der Waals surface area contributed by atoms with E-state index in [0.29, 0.717) is 0 Å². The number of nitrogens with one attached hydrogen (secondary N) is 2. The van der Waals surface area contributed by atoms with E-state index >= 15 is 0 Å². The lowest BCUT2D eigenvalue weighted by atomic mass is 10.0. The molecule has 0 bridgehead atoms. The highest BCUT2D eigenvalue weighted by Gasteiger charge is 2.25. The van der Waals surface area contributed by atoms with E-state index in [4.69, 9.17) is 9.47 Å². The van der Waals surface area contributed by atoms with Crippen LogP contribution in [0.1, 0.15) is 46.1 Å². The van der Waals surface area contributed by atoms with Crippen molar-refractivity contribution >= 4 is 12.0 Å². The number of ether oxygens (including phenoxy) is 2. The molecule has 2 N–H and O–H groups in total. The lowest BCUT2D eigenvalue weighted by molar-refractivity contribution is -0.123. The molecule has 7 nitrogen and oxygen atoms in total. The lowest BCUT2D eigenvalue weighted by Crippen LogP contribution is -2.51. The van der Waals surface area contributed by atoms with Crippen molar-refractivity contribution in [3.63, 3.8) is 0 Å². The van der Waals surface area contributed by atoms with Crippen LogP contribution in [0.2, 0.25) is 0 Å². The van der Waals surface area contributed by atoms with Crippen molar-refractivity contribution < 1.29 is 19.1 Å². The Morgan fingerprint density at radius 3 is 2.46 bits per heavy atom. The molecule has 0 spiro atoms. The van der Waals surface area contributed by atoms with E-state index in [1.165, 1.54) is 5.56 Å². The van der Waals surface area contributed by atoms with Crippen LogP contribution in [0.25, 0.3) is 0 Å². The van der Waals surface area contributed by atoms with E-state index in [2.05, 4.69) is 21.6 Å². The largest absolute Gasteiger partial charge is 0.496 e. The second kappa shape index (κ2) is 9.78. The molecular weight excluding hydrogens is 358 g/mol. The first-order valence-electron chi connectivity index (χ1n) is 9.82. The monoisotopic (exact) mass is 391 g/mol. The molecule has 1 atom stereocenters. The van der Waals surface area contributed by atoms with E-state index in [9.17, 15) is 9.59 Å². The van der Waals surface area contributed by atoms with Gasteiger partial charge in [-0.1, -0.05) is 18.2 Å². The van der Waals surface area contributed by atoms with Crippen LogP contribution in [0.3, 0.4) is 0 Å². The van der Waals surface area contributed by atoms with Crippen molar-refractivity contribution in [2.45, 2.75) is 64.8 Å². The molecule has 7 heteroatoms. The van der Waals surface area contributed by atoms with Crippen LogP contribution in [0.4, 0.5) is 4.79 Å². The number of carbonyl (C=O) groups excluding carboxylic acids is 2. The topological polar surface area (TPSA) is 79.9 Å². The highest BCUT2D eigenvalue weighted by atomic mass is 16.6. The number of benzene rings is 1. The normalized spacial score (nSPS) is 16.9. The van der Waals surface area contributed by atoms with E-state index in [1.54, 1.807) is 34.8 Å². The average Bonchev–Trinajstić information content (AvgIpc) is 2.62. The zero-order valence-corrected chi connectivity index (χ0v) is 17.6. The number of amides is 2. The Kier molecular flexibility index (Phi) is 7.69. The third kappa shape index (κ3) is 7.03. The van der Waals surface area contributed by atoms with Crippen molar-refractivity contribution in [3.05, 3.63) is 29.8 Å². The number of rotatable bonds is 6. The molecule has 156 valence electrons. The molecule has 1 aliphatic rings. The minimum absolute atomic E-state index is 0.115.